The fourth-order valence-corrected chi connectivity index (χ4v) is 1.81. The second-order valence-corrected chi connectivity index (χ2v) is 4.79. The molecule has 1 rings (SSSR count). The average Bonchev–Trinajstić information content (AvgIpc) is 2.44. The van der Waals surface area contributed by atoms with Crippen LogP contribution in [0, 0.1) is 0 Å². The minimum absolute atomic E-state index is 0.00477. The Morgan fingerprint density at radius 2 is 2.00 bits per heavy atom. The molecule has 1 aromatic carbocycles. The van der Waals surface area contributed by atoms with Crippen molar-refractivity contribution >= 4 is 17.6 Å². The van der Waals surface area contributed by atoms with Gasteiger partial charge in [0, 0.05) is 26.3 Å². The SMILES string of the molecule is COCc1cc(NC(=O)CCC(C)OC)cc(C(=O)O)c1. The van der Waals surface area contributed by atoms with Gasteiger partial charge in [0.25, 0.3) is 0 Å². The number of anilines is 1. The highest BCUT2D eigenvalue weighted by Crippen LogP contribution is 2.17. The van der Waals surface area contributed by atoms with Crippen molar-refractivity contribution in [1.29, 1.82) is 0 Å². The zero-order chi connectivity index (χ0) is 15.8. The number of carbonyl (C=O) groups excluding carboxylic acids is 1. The molecule has 0 saturated carbocycles. The first-order chi connectivity index (χ1) is 9.96. The molecule has 1 aromatic rings. The predicted molar refractivity (Wildman–Crippen MR) is 78.4 cm³/mol. The summed E-state index contributed by atoms with van der Waals surface area (Å²) in [5, 5.41) is 11.8. The highest BCUT2D eigenvalue weighted by atomic mass is 16.5. The van der Waals surface area contributed by atoms with Crippen LogP contribution in [0.1, 0.15) is 35.7 Å². The number of amides is 1. The summed E-state index contributed by atoms with van der Waals surface area (Å²) >= 11 is 0. The number of hydrogen-bond acceptors (Lipinski definition) is 4. The molecule has 6 nitrogen and oxygen atoms in total. The smallest absolute Gasteiger partial charge is 0.335 e. The van der Waals surface area contributed by atoms with Crippen LogP contribution in [0.3, 0.4) is 0 Å². The highest BCUT2D eigenvalue weighted by Gasteiger charge is 2.10. The maximum atomic E-state index is 11.8. The summed E-state index contributed by atoms with van der Waals surface area (Å²) in [6.45, 7) is 2.17. The number of methoxy groups -OCH3 is 2. The quantitative estimate of drug-likeness (QED) is 0.768. The Morgan fingerprint density at radius 1 is 1.29 bits per heavy atom. The fourth-order valence-electron chi connectivity index (χ4n) is 1.81. The van der Waals surface area contributed by atoms with Crippen molar-refractivity contribution in [2.45, 2.75) is 32.5 Å². The Labute approximate surface area is 124 Å². The first-order valence-electron chi connectivity index (χ1n) is 6.65. The zero-order valence-corrected chi connectivity index (χ0v) is 12.5. The third-order valence-corrected chi connectivity index (χ3v) is 3.01. The number of nitrogens with one attached hydrogen (secondary N) is 1. The maximum absolute atomic E-state index is 11.8. The van der Waals surface area contributed by atoms with Crippen LogP contribution in [0.4, 0.5) is 5.69 Å². The van der Waals surface area contributed by atoms with E-state index in [1.807, 2.05) is 6.92 Å². The number of rotatable bonds is 8. The van der Waals surface area contributed by atoms with Crippen LogP contribution in [-0.2, 0) is 20.9 Å². The first kappa shape index (κ1) is 17.1. The van der Waals surface area contributed by atoms with Gasteiger partial charge in [0.2, 0.25) is 5.91 Å². The lowest BCUT2D eigenvalue weighted by Crippen LogP contribution is -2.15. The molecule has 0 aliphatic rings. The summed E-state index contributed by atoms with van der Waals surface area (Å²) in [5.41, 5.74) is 1.26. The van der Waals surface area contributed by atoms with Gasteiger partial charge in [-0.3, -0.25) is 4.79 Å². The molecule has 0 aliphatic heterocycles. The number of benzene rings is 1. The van der Waals surface area contributed by atoms with Gasteiger partial charge in [0.05, 0.1) is 18.3 Å². The van der Waals surface area contributed by atoms with Gasteiger partial charge in [-0.05, 0) is 37.1 Å². The van der Waals surface area contributed by atoms with Crippen LogP contribution in [0.2, 0.25) is 0 Å². The van der Waals surface area contributed by atoms with E-state index < -0.39 is 5.97 Å². The monoisotopic (exact) mass is 295 g/mol. The molecule has 0 saturated heterocycles. The van der Waals surface area contributed by atoms with E-state index in [1.54, 1.807) is 13.2 Å². The predicted octanol–water partition coefficient (Wildman–Crippen LogP) is 2.28. The van der Waals surface area contributed by atoms with Crippen LogP contribution < -0.4 is 5.32 Å². The van der Waals surface area contributed by atoms with Crippen molar-refractivity contribution < 1.29 is 24.2 Å². The zero-order valence-electron chi connectivity index (χ0n) is 12.5. The molecule has 0 radical (unpaired) electrons. The Morgan fingerprint density at radius 3 is 2.57 bits per heavy atom. The van der Waals surface area contributed by atoms with E-state index in [0.717, 1.165) is 0 Å². The van der Waals surface area contributed by atoms with E-state index in [2.05, 4.69) is 5.32 Å². The van der Waals surface area contributed by atoms with Crippen molar-refractivity contribution in [3.63, 3.8) is 0 Å². The Bertz CT molecular complexity index is 501. The lowest BCUT2D eigenvalue weighted by molar-refractivity contribution is -0.116. The van der Waals surface area contributed by atoms with E-state index >= 15 is 0 Å². The molecule has 1 amide bonds. The molecule has 6 heteroatoms. The topological polar surface area (TPSA) is 84.9 Å². The van der Waals surface area contributed by atoms with Crippen LogP contribution in [0.15, 0.2) is 18.2 Å². The van der Waals surface area contributed by atoms with E-state index in [1.165, 1.54) is 19.2 Å². The van der Waals surface area contributed by atoms with Crippen LogP contribution >= 0.6 is 0 Å². The molecular weight excluding hydrogens is 274 g/mol. The van der Waals surface area contributed by atoms with Gasteiger partial charge in [-0.1, -0.05) is 0 Å². The molecule has 0 bridgehead atoms. The first-order valence-corrected chi connectivity index (χ1v) is 6.65. The Balaban J connectivity index is 2.77. The largest absolute Gasteiger partial charge is 0.478 e. The third-order valence-electron chi connectivity index (χ3n) is 3.01. The van der Waals surface area contributed by atoms with Crippen molar-refractivity contribution in [1.82, 2.24) is 0 Å². The summed E-state index contributed by atoms with van der Waals surface area (Å²) < 4.78 is 10.1. The number of hydrogen-bond donors (Lipinski definition) is 2. The molecule has 0 aromatic heterocycles. The minimum atomic E-state index is -1.04. The third kappa shape index (κ3) is 5.93. The number of aromatic carboxylic acids is 1. The van der Waals surface area contributed by atoms with Crippen molar-refractivity contribution in [3.05, 3.63) is 29.3 Å². The van der Waals surface area contributed by atoms with Gasteiger partial charge < -0.3 is 19.9 Å². The molecular formula is C15H21NO5. The van der Waals surface area contributed by atoms with Gasteiger partial charge in [0.1, 0.15) is 0 Å². The maximum Gasteiger partial charge on any atom is 0.335 e. The average molecular weight is 295 g/mol. The molecule has 0 heterocycles. The normalized spacial score (nSPS) is 12.0. The van der Waals surface area contributed by atoms with Gasteiger partial charge in [-0.25, -0.2) is 4.79 Å². The number of carboxylic acid groups (broad SMARTS) is 1. The van der Waals surface area contributed by atoms with Crippen LogP contribution in [0.5, 0.6) is 0 Å². The summed E-state index contributed by atoms with van der Waals surface area (Å²) in [6.07, 6.45) is 0.919. The van der Waals surface area contributed by atoms with Crippen LogP contribution in [0.25, 0.3) is 0 Å². The van der Waals surface area contributed by atoms with Crippen molar-refractivity contribution in [2.75, 3.05) is 19.5 Å². The number of carboxylic acids is 1. The molecule has 0 spiro atoms. The minimum Gasteiger partial charge on any atom is -0.478 e. The van der Waals surface area contributed by atoms with Gasteiger partial charge in [-0.15, -0.1) is 0 Å². The molecule has 1 atom stereocenters. The number of carbonyl (C=O) groups is 2. The molecule has 2 N–H and O–H groups in total. The highest BCUT2D eigenvalue weighted by molar-refractivity contribution is 5.94. The molecule has 21 heavy (non-hydrogen) atoms. The fraction of sp³-hybridized carbons (Fsp3) is 0.467. The second kappa shape index (κ2) is 8.39. The van der Waals surface area contributed by atoms with E-state index in [9.17, 15) is 9.59 Å². The van der Waals surface area contributed by atoms with Crippen molar-refractivity contribution in [3.8, 4) is 0 Å². The molecule has 0 fully saturated rings. The van der Waals surface area contributed by atoms with Gasteiger partial charge in [-0.2, -0.15) is 0 Å². The van der Waals surface area contributed by atoms with E-state index in [4.69, 9.17) is 14.6 Å². The van der Waals surface area contributed by atoms with E-state index in [-0.39, 0.29) is 24.2 Å². The Kier molecular flexibility index (Phi) is 6.84. The van der Waals surface area contributed by atoms with Crippen molar-refractivity contribution in [2.24, 2.45) is 0 Å². The summed E-state index contributed by atoms with van der Waals surface area (Å²) in [5.74, 6) is -1.22. The summed E-state index contributed by atoms with van der Waals surface area (Å²) in [7, 11) is 3.12. The second-order valence-electron chi connectivity index (χ2n) is 4.79. The standard InChI is InChI=1S/C15H21NO5/c1-10(21-3)4-5-14(17)16-13-7-11(9-20-2)6-12(8-13)15(18)19/h6-8,10H,4-5,9H2,1-3H3,(H,16,17)(H,18,19). The molecule has 1 unspecified atom stereocenters. The molecule has 0 aliphatic carbocycles. The molecule has 116 valence electrons. The van der Waals surface area contributed by atoms with E-state index in [0.29, 0.717) is 24.1 Å². The number of ether oxygens (including phenoxy) is 2. The summed E-state index contributed by atoms with van der Waals surface area (Å²) in [6, 6.07) is 4.65. The lowest BCUT2D eigenvalue weighted by atomic mass is 10.1. The van der Waals surface area contributed by atoms with Gasteiger partial charge in [0.15, 0.2) is 0 Å². The van der Waals surface area contributed by atoms with Gasteiger partial charge >= 0.3 is 5.97 Å². The van der Waals surface area contributed by atoms with Crippen LogP contribution in [-0.4, -0.2) is 37.3 Å². The lowest BCUT2D eigenvalue weighted by Gasteiger charge is -2.11. The Hall–Kier alpha value is -1.92. The summed E-state index contributed by atoms with van der Waals surface area (Å²) in [4.78, 5) is 22.9.